The number of halogens is 1. The molecule has 4 heteroatoms. The molecule has 3 nitrogen and oxygen atoms in total. The predicted octanol–water partition coefficient (Wildman–Crippen LogP) is 2.38. The Morgan fingerprint density at radius 2 is 2.25 bits per heavy atom. The third-order valence-corrected chi connectivity index (χ3v) is 2.20. The van der Waals surface area contributed by atoms with Gasteiger partial charge in [-0.25, -0.2) is 4.39 Å². The minimum absolute atomic E-state index is 0.0140. The lowest BCUT2D eigenvalue weighted by Gasteiger charge is -2.13. The Morgan fingerprint density at radius 3 is 2.75 bits per heavy atom. The fourth-order valence-corrected chi connectivity index (χ4v) is 1.23. The molecule has 0 saturated heterocycles. The highest BCUT2D eigenvalue weighted by molar-refractivity contribution is 5.82. The van der Waals surface area contributed by atoms with Crippen molar-refractivity contribution in [2.45, 2.75) is 26.4 Å². The molecular formula is C12H13FO3. The number of aldehydes is 1. The topological polar surface area (TPSA) is 43.4 Å². The van der Waals surface area contributed by atoms with Gasteiger partial charge in [-0.1, -0.05) is 6.92 Å². The van der Waals surface area contributed by atoms with Crippen LogP contribution in [0.1, 0.15) is 30.6 Å². The smallest absolute Gasteiger partial charge is 0.172 e. The molecule has 0 aromatic heterocycles. The number of ketones is 1. The van der Waals surface area contributed by atoms with E-state index >= 15 is 0 Å². The van der Waals surface area contributed by atoms with Crippen LogP contribution in [0.5, 0.6) is 5.75 Å². The number of carbonyl (C=O) groups is 2. The third-order valence-electron chi connectivity index (χ3n) is 2.20. The molecule has 0 saturated carbocycles. The quantitative estimate of drug-likeness (QED) is 0.721. The first-order chi connectivity index (χ1) is 7.58. The Hall–Kier alpha value is -1.71. The van der Waals surface area contributed by atoms with Crippen molar-refractivity contribution in [3.63, 3.8) is 0 Å². The van der Waals surface area contributed by atoms with Gasteiger partial charge in [0.25, 0.3) is 0 Å². The van der Waals surface area contributed by atoms with Crippen LogP contribution in [-0.2, 0) is 4.79 Å². The Labute approximate surface area is 93.2 Å². The normalized spacial score (nSPS) is 11.9. The number of ether oxygens (including phenoxy) is 1. The Bertz CT molecular complexity index is 401. The molecule has 86 valence electrons. The minimum atomic E-state index is -0.679. The Balaban J connectivity index is 2.82. The molecule has 1 atom stereocenters. The molecule has 0 bridgehead atoms. The van der Waals surface area contributed by atoms with Crippen LogP contribution in [-0.4, -0.2) is 18.2 Å². The van der Waals surface area contributed by atoms with Crippen molar-refractivity contribution < 1.29 is 18.7 Å². The zero-order chi connectivity index (χ0) is 12.1. The minimum Gasteiger partial charge on any atom is -0.480 e. The summed E-state index contributed by atoms with van der Waals surface area (Å²) in [4.78, 5) is 21.6. The summed E-state index contributed by atoms with van der Waals surface area (Å²) in [6.45, 7) is 3.28. The van der Waals surface area contributed by atoms with Crippen molar-refractivity contribution in [1.82, 2.24) is 0 Å². The van der Waals surface area contributed by atoms with Gasteiger partial charge in [-0.3, -0.25) is 9.59 Å². The summed E-state index contributed by atoms with van der Waals surface area (Å²) in [6, 6.07) is 3.86. The maximum absolute atomic E-state index is 13.4. The summed E-state index contributed by atoms with van der Waals surface area (Å²) < 4.78 is 18.5. The first-order valence-electron chi connectivity index (χ1n) is 5.02. The standard InChI is InChI=1S/C12H13FO3/c1-3-11(15)8(2)16-12-5-4-9(7-14)6-10(12)13/h4-8H,3H2,1-2H3. The van der Waals surface area contributed by atoms with Gasteiger partial charge in [0.15, 0.2) is 23.5 Å². The summed E-state index contributed by atoms with van der Waals surface area (Å²) in [5.41, 5.74) is 0.235. The Kier molecular flexibility index (Phi) is 4.17. The van der Waals surface area contributed by atoms with E-state index in [-0.39, 0.29) is 17.1 Å². The number of hydrogen-bond donors (Lipinski definition) is 0. The van der Waals surface area contributed by atoms with Crippen molar-refractivity contribution >= 4 is 12.1 Å². The monoisotopic (exact) mass is 224 g/mol. The fourth-order valence-electron chi connectivity index (χ4n) is 1.23. The van der Waals surface area contributed by atoms with E-state index in [1.54, 1.807) is 13.8 Å². The summed E-state index contributed by atoms with van der Waals surface area (Å²) >= 11 is 0. The van der Waals surface area contributed by atoms with Crippen LogP contribution < -0.4 is 4.74 Å². The fraction of sp³-hybridized carbons (Fsp3) is 0.333. The first kappa shape index (κ1) is 12.4. The van der Waals surface area contributed by atoms with Crippen molar-refractivity contribution in [2.75, 3.05) is 0 Å². The molecule has 0 fully saturated rings. The van der Waals surface area contributed by atoms with E-state index in [2.05, 4.69) is 0 Å². The number of carbonyl (C=O) groups excluding carboxylic acids is 2. The molecule has 1 aromatic rings. The average molecular weight is 224 g/mol. The van der Waals surface area contributed by atoms with Gasteiger partial charge in [-0.05, 0) is 25.1 Å². The second kappa shape index (κ2) is 5.39. The summed E-state index contributed by atoms with van der Waals surface area (Å²) in [5.74, 6) is -0.751. The van der Waals surface area contributed by atoms with E-state index in [1.165, 1.54) is 12.1 Å². The van der Waals surface area contributed by atoms with Gasteiger partial charge in [0.2, 0.25) is 0 Å². The molecule has 0 aliphatic heterocycles. The lowest BCUT2D eigenvalue weighted by atomic mass is 10.2. The van der Waals surface area contributed by atoms with Gasteiger partial charge in [-0.2, -0.15) is 0 Å². The highest BCUT2D eigenvalue weighted by Crippen LogP contribution is 2.19. The average Bonchev–Trinajstić information content (AvgIpc) is 2.30. The van der Waals surface area contributed by atoms with Gasteiger partial charge in [-0.15, -0.1) is 0 Å². The second-order valence-corrected chi connectivity index (χ2v) is 3.39. The predicted molar refractivity (Wildman–Crippen MR) is 57.2 cm³/mol. The van der Waals surface area contributed by atoms with Crippen molar-refractivity contribution in [2.24, 2.45) is 0 Å². The molecule has 1 unspecified atom stereocenters. The van der Waals surface area contributed by atoms with Crippen LogP contribution in [0.2, 0.25) is 0 Å². The molecule has 0 amide bonds. The van der Waals surface area contributed by atoms with Crippen LogP contribution in [0.25, 0.3) is 0 Å². The van der Waals surface area contributed by atoms with Crippen molar-refractivity contribution in [3.8, 4) is 5.75 Å². The maximum atomic E-state index is 13.4. The number of hydrogen-bond acceptors (Lipinski definition) is 3. The van der Waals surface area contributed by atoms with Gasteiger partial charge in [0.05, 0.1) is 0 Å². The van der Waals surface area contributed by atoms with E-state index in [9.17, 15) is 14.0 Å². The summed E-state index contributed by atoms with van der Waals surface area (Å²) in [5, 5.41) is 0. The van der Waals surface area contributed by atoms with Crippen LogP contribution in [0, 0.1) is 5.82 Å². The van der Waals surface area contributed by atoms with Crippen LogP contribution in [0.3, 0.4) is 0 Å². The van der Waals surface area contributed by atoms with Gasteiger partial charge < -0.3 is 4.74 Å². The molecule has 1 aromatic carbocycles. The molecule has 0 heterocycles. The van der Waals surface area contributed by atoms with E-state index in [1.807, 2.05) is 0 Å². The molecule has 0 aliphatic carbocycles. The van der Waals surface area contributed by atoms with Crippen LogP contribution >= 0.6 is 0 Å². The summed E-state index contributed by atoms with van der Waals surface area (Å²) in [7, 11) is 0. The summed E-state index contributed by atoms with van der Waals surface area (Å²) in [6.07, 6.45) is 0.212. The molecule has 0 spiro atoms. The zero-order valence-electron chi connectivity index (χ0n) is 9.20. The first-order valence-corrected chi connectivity index (χ1v) is 5.02. The van der Waals surface area contributed by atoms with Gasteiger partial charge >= 0.3 is 0 Å². The second-order valence-electron chi connectivity index (χ2n) is 3.39. The molecule has 0 radical (unpaired) electrons. The number of rotatable bonds is 5. The van der Waals surface area contributed by atoms with Crippen LogP contribution in [0.15, 0.2) is 18.2 Å². The van der Waals surface area contributed by atoms with Crippen molar-refractivity contribution in [3.05, 3.63) is 29.6 Å². The van der Waals surface area contributed by atoms with E-state index in [4.69, 9.17) is 4.74 Å². The van der Waals surface area contributed by atoms with Gasteiger partial charge in [0.1, 0.15) is 6.29 Å². The van der Waals surface area contributed by atoms with Crippen molar-refractivity contribution in [1.29, 1.82) is 0 Å². The lowest BCUT2D eigenvalue weighted by molar-refractivity contribution is -0.124. The highest BCUT2D eigenvalue weighted by Gasteiger charge is 2.14. The number of Topliss-reactive ketones (excluding diaryl/α,β-unsaturated/α-hetero) is 1. The molecule has 1 rings (SSSR count). The molecule has 16 heavy (non-hydrogen) atoms. The third kappa shape index (κ3) is 2.89. The van der Waals surface area contributed by atoms with Gasteiger partial charge in [0, 0.05) is 12.0 Å². The zero-order valence-corrected chi connectivity index (χ0v) is 9.20. The van der Waals surface area contributed by atoms with Crippen LogP contribution in [0.4, 0.5) is 4.39 Å². The molecule has 0 aliphatic rings. The molecule has 0 N–H and O–H groups in total. The van der Waals surface area contributed by atoms with E-state index in [0.717, 1.165) is 6.07 Å². The highest BCUT2D eigenvalue weighted by atomic mass is 19.1. The number of benzene rings is 1. The van der Waals surface area contributed by atoms with E-state index < -0.39 is 11.9 Å². The molecular weight excluding hydrogens is 211 g/mol. The lowest BCUT2D eigenvalue weighted by Crippen LogP contribution is -2.23. The SMILES string of the molecule is CCC(=O)C(C)Oc1ccc(C=O)cc1F. The maximum Gasteiger partial charge on any atom is 0.172 e. The Morgan fingerprint density at radius 1 is 1.56 bits per heavy atom. The largest absolute Gasteiger partial charge is 0.480 e. The van der Waals surface area contributed by atoms with E-state index in [0.29, 0.717) is 12.7 Å².